The number of thiazole rings is 1. The summed E-state index contributed by atoms with van der Waals surface area (Å²) in [5.41, 5.74) is -1.32. The maximum Gasteiger partial charge on any atom is 0.190 e. The number of hydrogen-bond donors (Lipinski definition) is 1. The van der Waals surface area contributed by atoms with E-state index in [4.69, 9.17) is 9.47 Å². The van der Waals surface area contributed by atoms with Crippen molar-refractivity contribution < 1.29 is 19.4 Å². The van der Waals surface area contributed by atoms with Gasteiger partial charge in [0.2, 0.25) is 0 Å². The van der Waals surface area contributed by atoms with E-state index in [-0.39, 0.29) is 0 Å². The standard InChI is InChI=1S/C9H13NO4S/c1-9(12,8(13-2)14-3)6-4-10-7(5-11)15-6/h4-5,8,12H,1-3H3. The molecular weight excluding hydrogens is 218 g/mol. The molecule has 0 spiro atoms. The molecule has 0 bridgehead atoms. The van der Waals surface area contributed by atoms with Crippen LogP contribution in [0.2, 0.25) is 0 Å². The maximum absolute atomic E-state index is 10.5. The molecule has 1 N–H and O–H groups in total. The normalized spacial score (nSPS) is 15.3. The Hall–Kier alpha value is -0.820. The predicted molar refractivity (Wildman–Crippen MR) is 54.9 cm³/mol. The molecule has 0 aliphatic rings. The molecule has 1 aromatic heterocycles. The molecule has 0 amide bonds. The van der Waals surface area contributed by atoms with Gasteiger partial charge in [-0.1, -0.05) is 0 Å². The van der Waals surface area contributed by atoms with Crippen LogP contribution in [0.15, 0.2) is 6.20 Å². The van der Waals surface area contributed by atoms with E-state index in [2.05, 4.69) is 4.98 Å². The number of methoxy groups -OCH3 is 2. The van der Waals surface area contributed by atoms with Crippen molar-refractivity contribution in [3.8, 4) is 0 Å². The molecule has 5 nitrogen and oxygen atoms in total. The molecule has 0 radical (unpaired) electrons. The highest BCUT2D eigenvalue weighted by atomic mass is 32.1. The lowest BCUT2D eigenvalue weighted by Crippen LogP contribution is -2.38. The van der Waals surface area contributed by atoms with Crippen LogP contribution in [0.1, 0.15) is 21.6 Å². The Kier molecular flexibility index (Phi) is 3.92. The minimum absolute atomic E-state index is 0.316. The summed E-state index contributed by atoms with van der Waals surface area (Å²) in [7, 11) is 2.87. The fraction of sp³-hybridized carbons (Fsp3) is 0.556. The first-order chi connectivity index (χ1) is 7.06. The molecule has 1 unspecified atom stereocenters. The summed E-state index contributed by atoms with van der Waals surface area (Å²) in [4.78, 5) is 14.8. The van der Waals surface area contributed by atoms with Gasteiger partial charge in [0, 0.05) is 20.4 Å². The zero-order valence-electron chi connectivity index (χ0n) is 8.76. The second kappa shape index (κ2) is 4.80. The lowest BCUT2D eigenvalue weighted by Gasteiger charge is -2.28. The van der Waals surface area contributed by atoms with E-state index in [9.17, 15) is 9.90 Å². The first kappa shape index (κ1) is 12.3. The highest BCUT2D eigenvalue weighted by Gasteiger charge is 2.36. The average Bonchev–Trinajstić information content (AvgIpc) is 2.67. The summed E-state index contributed by atoms with van der Waals surface area (Å²) in [5.74, 6) is 0. The summed E-state index contributed by atoms with van der Waals surface area (Å²) in [6.45, 7) is 1.55. The van der Waals surface area contributed by atoms with Crippen LogP contribution in [0, 0.1) is 0 Å². The minimum Gasteiger partial charge on any atom is -0.379 e. The van der Waals surface area contributed by atoms with E-state index in [1.807, 2.05) is 0 Å². The fourth-order valence-electron chi connectivity index (χ4n) is 1.25. The van der Waals surface area contributed by atoms with Gasteiger partial charge in [0.15, 0.2) is 17.6 Å². The number of carbonyl (C=O) groups is 1. The van der Waals surface area contributed by atoms with Crippen molar-refractivity contribution in [1.82, 2.24) is 4.98 Å². The molecule has 1 aromatic rings. The van der Waals surface area contributed by atoms with Gasteiger partial charge in [0.05, 0.1) is 4.88 Å². The summed E-state index contributed by atoms with van der Waals surface area (Å²) < 4.78 is 9.96. The van der Waals surface area contributed by atoms with E-state index in [1.165, 1.54) is 20.4 Å². The molecule has 6 heteroatoms. The van der Waals surface area contributed by atoms with Gasteiger partial charge in [0.1, 0.15) is 5.60 Å². The third-order valence-electron chi connectivity index (χ3n) is 2.01. The Morgan fingerprint density at radius 3 is 2.60 bits per heavy atom. The van der Waals surface area contributed by atoms with E-state index < -0.39 is 11.9 Å². The van der Waals surface area contributed by atoms with Crippen molar-refractivity contribution in [2.75, 3.05) is 14.2 Å². The van der Waals surface area contributed by atoms with Gasteiger partial charge in [-0.15, -0.1) is 11.3 Å². The minimum atomic E-state index is -1.32. The Balaban J connectivity index is 2.97. The van der Waals surface area contributed by atoms with E-state index in [1.54, 1.807) is 6.92 Å². The van der Waals surface area contributed by atoms with Crippen LogP contribution in [-0.4, -0.2) is 36.9 Å². The molecule has 0 aliphatic carbocycles. The van der Waals surface area contributed by atoms with Gasteiger partial charge < -0.3 is 14.6 Å². The van der Waals surface area contributed by atoms with Gasteiger partial charge in [-0.2, -0.15) is 0 Å². The summed E-state index contributed by atoms with van der Waals surface area (Å²) in [5, 5.41) is 10.5. The number of nitrogens with zero attached hydrogens (tertiary/aromatic N) is 1. The third kappa shape index (κ3) is 2.40. The highest BCUT2D eigenvalue weighted by molar-refractivity contribution is 7.13. The second-order valence-electron chi connectivity index (χ2n) is 3.13. The van der Waals surface area contributed by atoms with Gasteiger partial charge in [-0.05, 0) is 6.92 Å². The smallest absolute Gasteiger partial charge is 0.190 e. The zero-order valence-corrected chi connectivity index (χ0v) is 9.58. The topological polar surface area (TPSA) is 68.7 Å². The lowest BCUT2D eigenvalue weighted by atomic mass is 10.1. The number of aliphatic hydroxyl groups is 1. The summed E-state index contributed by atoms with van der Waals surface area (Å²) >= 11 is 1.11. The van der Waals surface area contributed by atoms with Crippen LogP contribution in [0.4, 0.5) is 0 Å². The van der Waals surface area contributed by atoms with Crippen molar-refractivity contribution in [1.29, 1.82) is 0 Å². The molecule has 84 valence electrons. The largest absolute Gasteiger partial charge is 0.379 e. The number of carbonyl (C=O) groups excluding carboxylic acids is 1. The van der Waals surface area contributed by atoms with Crippen LogP contribution in [0.3, 0.4) is 0 Å². The molecule has 0 aliphatic heterocycles. The van der Waals surface area contributed by atoms with E-state index in [0.717, 1.165) is 11.3 Å². The molecule has 0 fully saturated rings. The number of hydrogen-bond acceptors (Lipinski definition) is 6. The van der Waals surface area contributed by atoms with Crippen molar-refractivity contribution >= 4 is 17.6 Å². The molecule has 15 heavy (non-hydrogen) atoms. The Morgan fingerprint density at radius 1 is 1.60 bits per heavy atom. The number of aromatic nitrogens is 1. The Morgan fingerprint density at radius 2 is 2.20 bits per heavy atom. The number of aldehydes is 1. The second-order valence-corrected chi connectivity index (χ2v) is 4.19. The molecule has 0 saturated carbocycles. The van der Waals surface area contributed by atoms with Crippen molar-refractivity contribution in [2.45, 2.75) is 18.8 Å². The van der Waals surface area contributed by atoms with E-state index >= 15 is 0 Å². The van der Waals surface area contributed by atoms with Gasteiger partial charge >= 0.3 is 0 Å². The van der Waals surface area contributed by atoms with Crippen molar-refractivity contribution in [3.05, 3.63) is 16.1 Å². The molecule has 1 heterocycles. The number of ether oxygens (including phenoxy) is 2. The predicted octanol–water partition coefficient (Wildman–Crippen LogP) is 0.782. The van der Waals surface area contributed by atoms with Gasteiger partial charge in [-0.25, -0.2) is 4.98 Å². The summed E-state index contributed by atoms with van der Waals surface area (Å²) in [6, 6.07) is 0. The Bertz CT molecular complexity index is 333. The number of rotatable bonds is 5. The third-order valence-corrected chi connectivity index (χ3v) is 3.16. The first-order valence-corrected chi connectivity index (χ1v) is 5.07. The van der Waals surface area contributed by atoms with Crippen LogP contribution >= 0.6 is 11.3 Å². The van der Waals surface area contributed by atoms with Crippen LogP contribution in [0.25, 0.3) is 0 Å². The monoisotopic (exact) mass is 231 g/mol. The first-order valence-electron chi connectivity index (χ1n) is 4.25. The molecule has 1 atom stereocenters. The molecular formula is C9H13NO4S. The zero-order chi connectivity index (χ0) is 11.5. The van der Waals surface area contributed by atoms with Gasteiger partial charge in [0.25, 0.3) is 0 Å². The lowest BCUT2D eigenvalue weighted by molar-refractivity contribution is -0.211. The van der Waals surface area contributed by atoms with E-state index in [0.29, 0.717) is 16.2 Å². The highest BCUT2D eigenvalue weighted by Crippen LogP contribution is 2.30. The van der Waals surface area contributed by atoms with Crippen LogP contribution in [-0.2, 0) is 15.1 Å². The molecule has 0 saturated heterocycles. The van der Waals surface area contributed by atoms with Gasteiger partial charge in [-0.3, -0.25) is 4.79 Å². The van der Waals surface area contributed by atoms with Crippen molar-refractivity contribution in [3.63, 3.8) is 0 Å². The molecule has 0 aromatic carbocycles. The van der Waals surface area contributed by atoms with Crippen molar-refractivity contribution in [2.24, 2.45) is 0 Å². The fourth-order valence-corrected chi connectivity index (χ4v) is 2.03. The molecule has 1 rings (SSSR count). The van der Waals surface area contributed by atoms with Crippen LogP contribution in [0.5, 0.6) is 0 Å². The maximum atomic E-state index is 10.5. The summed E-state index contributed by atoms with van der Waals surface area (Å²) in [6.07, 6.45) is 1.29. The average molecular weight is 231 g/mol. The quantitative estimate of drug-likeness (QED) is 0.599. The SMILES string of the molecule is COC(OC)C(C)(O)c1cnc(C=O)s1. The Labute approximate surface area is 91.7 Å². The van der Waals surface area contributed by atoms with Crippen LogP contribution < -0.4 is 0 Å².